The third kappa shape index (κ3) is 2.39. The summed E-state index contributed by atoms with van der Waals surface area (Å²) in [6.45, 7) is 0. The van der Waals surface area contributed by atoms with Crippen LogP contribution in [-0.2, 0) is 0 Å². The SMILES string of the molecule is FC(F)(F)C(F)(F)C(F)(F)C(F)(F)C(F)(S)C(F)(F)F. The van der Waals surface area contributed by atoms with E-state index in [1.807, 2.05) is 0 Å². The van der Waals surface area contributed by atoms with E-state index in [9.17, 15) is 57.1 Å². The molecule has 0 aromatic heterocycles. The van der Waals surface area contributed by atoms with Gasteiger partial charge in [0.05, 0.1) is 0 Å². The van der Waals surface area contributed by atoms with Gasteiger partial charge >= 0.3 is 35.1 Å². The molecule has 0 rings (SSSR count). The summed E-state index contributed by atoms with van der Waals surface area (Å²) >= 11 is 1.45. The van der Waals surface area contributed by atoms with Gasteiger partial charge in [-0.15, -0.1) is 12.6 Å². The topological polar surface area (TPSA) is 0 Å². The first kappa shape index (κ1) is 19.4. The van der Waals surface area contributed by atoms with Crippen LogP contribution in [-0.4, -0.2) is 35.1 Å². The Kier molecular flexibility index (Phi) is 4.34. The monoisotopic (exact) mass is 352 g/mol. The third-order valence-corrected chi connectivity index (χ3v) is 2.47. The summed E-state index contributed by atoms with van der Waals surface area (Å²) in [6.07, 6.45) is -14.3. The van der Waals surface area contributed by atoms with Crippen LogP contribution in [0.3, 0.4) is 0 Å². The Morgan fingerprint density at radius 2 is 0.700 bits per heavy atom. The van der Waals surface area contributed by atoms with Crippen LogP contribution in [0.4, 0.5) is 57.1 Å². The summed E-state index contributed by atoms with van der Waals surface area (Å²) in [5, 5.41) is -6.63. The van der Waals surface area contributed by atoms with Crippen LogP contribution < -0.4 is 0 Å². The number of halogens is 13. The van der Waals surface area contributed by atoms with Crippen LogP contribution in [0.25, 0.3) is 0 Å². The normalized spacial score (nSPS) is 18.9. The van der Waals surface area contributed by atoms with Gasteiger partial charge in [-0.3, -0.25) is 0 Å². The molecule has 0 aliphatic heterocycles. The predicted octanol–water partition coefficient (Wildman–Crippen LogP) is 4.61. The van der Waals surface area contributed by atoms with Crippen molar-refractivity contribution >= 4 is 12.6 Å². The van der Waals surface area contributed by atoms with Gasteiger partial charge < -0.3 is 0 Å². The van der Waals surface area contributed by atoms with Crippen molar-refractivity contribution < 1.29 is 57.1 Å². The first-order chi connectivity index (χ1) is 8.25. The third-order valence-electron chi connectivity index (χ3n) is 1.94. The Morgan fingerprint density at radius 1 is 0.400 bits per heavy atom. The van der Waals surface area contributed by atoms with E-state index in [1.54, 1.807) is 0 Å². The zero-order chi connectivity index (χ0) is 17.0. The van der Waals surface area contributed by atoms with Crippen molar-refractivity contribution in [1.82, 2.24) is 0 Å². The molecule has 0 spiro atoms. The second-order valence-corrected chi connectivity index (χ2v) is 3.96. The summed E-state index contributed by atoms with van der Waals surface area (Å²) in [4.78, 5) is 0. The average molecular weight is 352 g/mol. The maximum atomic E-state index is 12.6. The molecule has 0 N–H and O–H groups in total. The van der Waals surface area contributed by atoms with Gasteiger partial charge in [-0.1, -0.05) is 0 Å². The number of alkyl halides is 13. The summed E-state index contributed by atoms with van der Waals surface area (Å²) < 4.78 is 157. The Hall–Kier alpha value is -0.560. The van der Waals surface area contributed by atoms with Crippen LogP contribution >= 0.6 is 12.6 Å². The van der Waals surface area contributed by atoms with Crippen molar-refractivity contribution in [3.8, 4) is 0 Å². The molecule has 0 saturated carbocycles. The molecule has 0 saturated heterocycles. The van der Waals surface area contributed by atoms with Gasteiger partial charge in [0.25, 0.3) is 0 Å². The molecule has 0 heterocycles. The fraction of sp³-hybridized carbons (Fsp3) is 1.00. The van der Waals surface area contributed by atoms with Crippen molar-refractivity contribution in [2.75, 3.05) is 0 Å². The van der Waals surface area contributed by atoms with Gasteiger partial charge in [-0.25, -0.2) is 4.39 Å². The Bertz CT molecular complexity index is 324. The predicted molar refractivity (Wildman–Crippen MR) is 39.8 cm³/mol. The van der Waals surface area contributed by atoms with Crippen molar-refractivity contribution in [3.05, 3.63) is 0 Å². The molecule has 0 aliphatic rings. The van der Waals surface area contributed by atoms with E-state index in [4.69, 9.17) is 0 Å². The lowest BCUT2D eigenvalue weighted by atomic mass is 9.99. The smallest absolute Gasteiger partial charge is 0.215 e. The van der Waals surface area contributed by atoms with E-state index in [1.165, 1.54) is 12.6 Å². The summed E-state index contributed by atoms with van der Waals surface area (Å²) in [6, 6.07) is 0. The molecule has 0 fully saturated rings. The Morgan fingerprint density at radius 3 is 0.900 bits per heavy atom. The summed E-state index contributed by atoms with van der Waals surface area (Å²) in [5.74, 6) is -22.9. The zero-order valence-electron chi connectivity index (χ0n) is 8.36. The van der Waals surface area contributed by atoms with E-state index in [2.05, 4.69) is 0 Å². The first-order valence-corrected chi connectivity index (χ1v) is 4.38. The van der Waals surface area contributed by atoms with Crippen LogP contribution in [0.1, 0.15) is 0 Å². The fourth-order valence-electron chi connectivity index (χ4n) is 0.761. The molecule has 0 aromatic carbocycles. The Balaban J connectivity index is 6.08. The molecule has 0 bridgehead atoms. The molecular weight excluding hydrogens is 351 g/mol. The standard InChI is InChI=1S/C6HF13S/c7-1(8,3(11,12)5(14,15)16)2(9,10)4(13,20)6(17,18)19/h20H. The molecule has 122 valence electrons. The molecule has 0 nitrogen and oxygen atoms in total. The minimum absolute atomic E-state index is 1.45. The molecule has 1 atom stereocenters. The minimum Gasteiger partial charge on any atom is -0.215 e. The van der Waals surface area contributed by atoms with E-state index in [0.717, 1.165) is 0 Å². The van der Waals surface area contributed by atoms with Gasteiger partial charge in [0.15, 0.2) is 0 Å². The van der Waals surface area contributed by atoms with Crippen LogP contribution in [0.5, 0.6) is 0 Å². The van der Waals surface area contributed by atoms with Crippen LogP contribution in [0.2, 0.25) is 0 Å². The first-order valence-electron chi connectivity index (χ1n) is 3.93. The van der Waals surface area contributed by atoms with E-state index >= 15 is 0 Å². The van der Waals surface area contributed by atoms with Gasteiger partial charge in [-0.2, -0.15) is 52.7 Å². The van der Waals surface area contributed by atoms with Crippen LogP contribution in [0, 0.1) is 0 Å². The lowest BCUT2D eigenvalue weighted by Gasteiger charge is -2.39. The van der Waals surface area contributed by atoms with E-state index in [-0.39, 0.29) is 0 Å². The highest BCUT2D eigenvalue weighted by molar-refractivity contribution is 7.81. The van der Waals surface area contributed by atoms with E-state index < -0.39 is 35.1 Å². The number of rotatable bonds is 3. The second kappa shape index (κ2) is 4.47. The lowest BCUT2D eigenvalue weighted by Crippen LogP contribution is -2.69. The maximum absolute atomic E-state index is 12.6. The highest BCUT2D eigenvalue weighted by Crippen LogP contribution is 2.60. The fourth-order valence-corrected chi connectivity index (χ4v) is 0.902. The van der Waals surface area contributed by atoms with Crippen molar-refractivity contribution in [2.24, 2.45) is 0 Å². The minimum atomic E-state index is -7.75. The zero-order valence-corrected chi connectivity index (χ0v) is 9.26. The van der Waals surface area contributed by atoms with Crippen molar-refractivity contribution in [3.63, 3.8) is 0 Å². The van der Waals surface area contributed by atoms with Crippen LogP contribution in [0.15, 0.2) is 0 Å². The molecule has 0 aromatic rings. The molecule has 20 heavy (non-hydrogen) atoms. The van der Waals surface area contributed by atoms with Crippen molar-refractivity contribution in [1.29, 1.82) is 0 Å². The van der Waals surface area contributed by atoms with Gasteiger partial charge in [0.2, 0.25) is 0 Å². The molecule has 14 heteroatoms. The van der Waals surface area contributed by atoms with Crippen molar-refractivity contribution in [2.45, 2.75) is 35.1 Å². The Labute approximate surface area is 106 Å². The summed E-state index contributed by atoms with van der Waals surface area (Å²) in [7, 11) is 0. The van der Waals surface area contributed by atoms with E-state index in [0.29, 0.717) is 0 Å². The highest BCUT2D eigenvalue weighted by atomic mass is 32.1. The highest BCUT2D eigenvalue weighted by Gasteiger charge is 2.89. The number of hydrogen-bond donors (Lipinski definition) is 1. The molecular formula is C6HF13S. The molecule has 0 radical (unpaired) electrons. The van der Waals surface area contributed by atoms with Gasteiger partial charge in [0.1, 0.15) is 0 Å². The summed E-state index contributed by atoms with van der Waals surface area (Å²) in [5.41, 5.74) is 0. The lowest BCUT2D eigenvalue weighted by molar-refractivity contribution is -0.419. The largest absolute Gasteiger partial charge is 0.460 e. The van der Waals surface area contributed by atoms with Gasteiger partial charge in [-0.05, 0) is 0 Å². The maximum Gasteiger partial charge on any atom is 0.460 e. The second-order valence-electron chi connectivity index (χ2n) is 3.34. The quantitative estimate of drug-likeness (QED) is 0.557. The number of hydrogen-bond acceptors (Lipinski definition) is 1. The molecule has 1 unspecified atom stereocenters. The average Bonchev–Trinajstić information content (AvgIpc) is 2.12. The van der Waals surface area contributed by atoms with Gasteiger partial charge in [0, 0.05) is 0 Å². The molecule has 0 aliphatic carbocycles. The molecule has 0 amide bonds. The number of thiol groups is 1.